The van der Waals surface area contributed by atoms with E-state index in [0.29, 0.717) is 26.8 Å². The average Bonchev–Trinajstić information content (AvgIpc) is 3.07. The molecule has 1 heterocycles. The van der Waals surface area contributed by atoms with Gasteiger partial charge in [0.1, 0.15) is 12.4 Å². The van der Waals surface area contributed by atoms with Crippen LogP contribution >= 0.6 is 39.3 Å². The van der Waals surface area contributed by atoms with Crippen molar-refractivity contribution >= 4 is 62.2 Å². The Bertz CT molecular complexity index is 1310. The molecule has 34 heavy (non-hydrogen) atoms. The van der Waals surface area contributed by atoms with Crippen molar-refractivity contribution < 1.29 is 19.2 Å². The Morgan fingerprint density at radius 3 is 2.53 bits per heavy atom. The van der Waals surface area contributed by atoms with Gasteiger partial charge in [0.2, 0.25) is 0 Å². The largest absolute Gasteiger partial charge is 0.487 e. The van der Waals surface area contributed by atoms with Crippen LogP contribution in [0.4, 0.5) is 10.5 Å². The van der Waals surface area contributed by atoms with Crippen molar-refractivity contribution in [2.75, 3.05) is 0 Å². The fraction of sp³-hybridized carbons (Fsp3) is 0.0833. The molecule has 1 aliphatic rings. The number of carbonyl (C=O) groups is 2. The van der Waals surface area contributed by atoms with E-state index in [9.17, 15) is 19.7 Å². The van der Waals surface area contributed by atoms with Gasteiger partial charge in [-0.15, -0.1) is 0 Å². The van der Waals surface area contributed by atoms with Crippen LogP contribution in [-0.2, 0) is 17.9 Å². The van der Waals surface area contributed by atoms with Crippen LogP contribution in [0, 0.1) is 10.1 Å². The van der Waals surface area contributed by atoms with E-state index in [0.717, 1.165) is 21.8 Å². The molecule has 0 bridgehead atoms. The molecule has 0 unspecified atom stereocenters. The molecule has 172 valence electrons. The minimum atomic E-state index is -0.466. The topological polar surface area (TPSA) is 89.7 Å². The van der Waals surface area contributed by atoms with Crippen LogP contribution in [0.25, 0.3) is 6.08 Å². The van der Waals surface area contributed by atoms with Gasteiger partial charge in [-0.3, -0.25) is 24.6 Å². The maximum absolute atomic E-state index is 12.8. The van der Waals surface area contributed by atoms with Gasteiger partial charge in [0.05, 0.1) is 21.4 Å². The van der Waals surface area contributed by atoms with Gasteiger partial charge in [0, 0.05) is 16.6 Å². The fourth-order valence-corrected chi connectivity index (χ4v) is 4.55. The molecule has 0 spiro atoms. The molecule has 1 saturated heterocycles. The lowest BCUT2D eigenvalue weighted by molar-refractivity contribution is -0.384. The Kier molecular flexibility index (Phi) is 7.35. The Balaban J connectivity index is 1.44. The Labute approximate surface area is 212 Å². The van der Waals surface area contributed by atoms with E-state index in [1.165, 1.54) is 17.0 Å². The molecule has 0 aliphatic carbocycles. The number of rotatable bonds is 7. The zero-order valence-electron chi connectivity index (χ0n) is 17.4. The first kappa shape index (κ1) is 24.0. The molecule has 4 rings (SSSR count). The highest BCUT2D eigenvalue weighted by Crippen LogP contribution is 2.35. The summed E-state index contributed by atoms with van der Waals surface area (Å²) < 4.78 is 6.62. The number of amides is 2. The first-order valence-corrected chi connectivity index (χ1v) is 11.9. The SMILES string of the molecule is O=C1S/C(=C\c2ccc(OCc3cccc([N+](=O)[O-])c3)c(Cl)c2)C(=O)N1Cc1ccc(Br)cc1. The van der Waals surface area contributed by atoms with Crippen LogP contribution in [0.2, 0.25) is 5.02 Å². The van der Waals surface area contributed by atoms with E-state index in [4.69, 9.17) is 16.3 Å². The van der Waals surface area contributed by atoms with Crippen LogP contribution in [0.5, 0.6) is 5.75 Å². The molecule has 3 aromatic rings. The van der Waals surface area contributed by atoms with Crippen molar-refractivity contribution in [2.24, 2.45) is 0 Å². The zero-order valence-corrected chi connectivity index (χ0v) is 20.6. The predicted octanol–water partition coefficient (Wildman–Crippen LogP) is 6.83. The molecule has 10 heteroatoms. The summed E-state index contributed by atoms with van der Waals surface area (Å²) in [5, 5.41) is 10.9. The van der Waals surface area contributed by atoms with Crippen molar-refractivity contribution in [1.29, 1.82) is 0 Å². The summed E-state index contributed by atoms with van der Waals surface area (Å²) in [7, 11) is 0. The third kappa shape index (κ3) is 5.67. The molecule has 3 aromatic carbocycles. The fourth-order valence-electron chi connectivity index (χ4n) is 3.20. The van der Waals surface area contributed by atoms with Gasteiger partial charge in [-0.05, 0) is 58.8 Å². The quantitative estimate of drug-likeness (QED) is 0.179. The van der Waals surface area contributed by atoms with Crippen molar-refractivity contribution in [3.8, 4) is 5.75 Å². The molecule has 7 nitrogen and oxygen atoms in total. The minimum absolute atomic E-state index is 0.0170. The first-order valence-electron chi connectivity index (χ1n) is 9.95. The number of imide groups is 1. The average molecular weight is 560 g/mol. The van der Waals surface area contributed by atoms with Gasteiger partial charge in [-0.25, -0.2) is 0 Å². The summed E-state index contributed by atoms with van der Waals surface area (Å²) in [6.07, 6.45) is 1.61. The number of non-ortho nitro benzene ring substituents is 1. The van der Waals surface area contributed by atoms with Crippen molar-refractivity contribution in [3.63, 3.8) is 0 Å². The Morgan fingerprint density at radius 1 is 1.06 bits per heavy atom. The first-order chi connectivity index (χ1) is 16.3. The summed E-state index contributed by atoms with van der Waals surface area (Å²) in [6.45, 7) is 0.302. The molecule has 2 amide bonds. The summed E-state index contributed by atoms with van der Waals surface area (Å²) in [6, 6.07) is 18.6. The molecule has 1 aliphatic heterocycles. The number of ether oxygens (including phenoxy) is 1. The zero-order chi connectivity index (χ0) is 24.2. The molecule has 0 atom stereocenters. The third-order valence-electron chi connectivity index (χ3n) is 4.90. The number of thioether (sulfide) groups is 1. The van der Waals surface area contributed by atoms with Gasteiger partial charge in [-0.2, -0.15) is 0 Å². The number of benzene rings is 3. The number of nitro groups is 1. The van der Waals surface area contributed by atoms with E-state index >= 15 is 0 Å². The Hall–Kier alpha value is -3.14. The van der Waals surface area contributed by atoms with Crippen LogP contribution < -0.4 is 4.74 Å². The molecule has 0 saturated carbocycles. The summed E-state index contributed by atoms with van der Waals surface area (Å²) in [5.74, 6) is 0.0358. The number of carbonyl (C=O) groups excluding carboxylic acids is 2. The van der Waals surface area contributed by atoms with Crippen molar-refractivity contribution in [2.45, 2.75) is 13.2 Å². The smallest absolute Gasteiger partial charge is 0.293 e. The second kappa shape index (κ2) is 10.4. The standard InChI is InChI=1S/C24H16BrClN2O5S/c25-18-7-4-15(5-8-18)13-27-23(29)22(34-24(27)30)12-16-6-9-21(20(26)11-16)33-14-17-2-1-3-19(10-17)28(31)32/h1-12H,13-14H2/b22-12-. The lowest BCUT2D eigenvalue weighted by atomic mass is 10.2. The highest BCUT2D eigenvalue weighted by molar-refractivity contribution is 9.10. The van der Waals surface area contributed by atoms with Gasteiger partial charge >= 0.3 is 0 Å². The van der Waals surface area contributed by atoms with Gasteiger partial charge < -0.3 is 4.74 Å². The van der Waals surface area contributed by atoms with Gasteiger partial charge in [-0.1, -0.05) is 57.9 Å². The summed E-state index contributed by atoms with van der Waals surface area (Å²) in [4.78, 5) is 37.1. The van der Waals surface area contributed by atoms with E-state index in [1.54, 1.807) is 36.4 Å². The maximum atomic E-state index is 12.8. The second-order valence-electron chi connectivity index (χ2n) is 7.30. The van der Waals surface area contributed by atoms with E-state index in [2.05, 4.69) is 15.9 Å². The highest BCUT2D eigenvalue weighted by atomic mass is 79.9. The van der Waals surface area contributed by atoms with Crippen LogP contribution in [0.15, 0.2) is 76.1 Å². The monoisotopic (exact) mass is 558 g/mol. The third-order valence-corrected chi connectivity index (χ3v) is 6.63. The molecule has 0 N–H and O–H groups in total. The van der Waals surface area contributed by atoms with E-state index in [1.807, 2.05) is 24.3 Å². The molecule has 1 fully saturated rings. The predicted molar refractivity (Wildman–Crippen MR) is 135 cm³/mol. The lowest BCUT2D eigenvalue weighted by Crippen LogP contribution is -2.27. The maximum Gasteiger partial charge on any atom is 0.293 e. The summed E-state index contributed by atoms with van der Waals surface area (Å²) >= 11 is 10.6. The molecular formula is C24H16BrClN2O5S. The van der Waals surface area contributed by atoms with Crippen LogP contribution in [-0.4, -0.2) is 21.0 Å². The van der Waals surface area contributed by atoms with Crippen LogP contribution in [0.1, 0.15) is 16.7 Å². The number of nitro benzene ring substituents is 1. The van der Waals surface area contributed by atoms with Crippen LogP contribution in [0.3, 0.4) is 0 Å². The molecule has 0 radical (unpaired) electrons. The van der Waals surface area contributed by atoms with Gasteiger partial charge in [0.15, 0.2) is 0 Å². The van der Waals surface area contributed by atoms with E-state index in [-0.39, 0.29) is 30.0 Å². The number of nitrogens with zero attached hydrogens (tertiary/aromatic N) is 2. The normalized spacial score (nSPS) is 14.6. The molecule has 0 aromatic heterocycles. The Morgan fingerprint density at radius 2 is 1.82 bits per heavy atom. The number of hydrogen-bond acceptors (Lipinski definition) is 6. The highest BCUT2D eigenvalue weighted by Gasteiger charge is 2.35. The number of halogens is 2. The van der Waals surface area contributed by atoms with Gasteiger partial charge in [0.25, 0.3) is 16.8 Å². The second-order valence-corrected chi connectivity index (χ2v) is 9.62. The van der Waals surface area contributed by atoms with E-state index < -0.39 is 4.92 Å². The van der Waals surface area contributed by atoms with Crippen molar-refractivity contribution in [3.05, 3.63) is 108 Å². The summed E-state index contributed by atoms with van der Waals surface area (Å²) in [5.41, 5.74) is 2.10. The van der Waals surface area contributed by atoms with Crippen molar-refractivity contribution in [1.82, 2.24) is 4.90 Å². The molecular weight excluding hydrogens is 544 g/mol. The number of hydrogen-bond donors (Lipinski definition) is 0. The minimum Gasteiger partial charge on any atom is -0.487 e. The lowest BCUT2D eigenvalue weighted by Gasteiger charge is -2.12.